The lowest BCUT2D eigenvalue weighted by atomic mass is 10.1. The molecule has 1 amide bonds. The molecule has 3 rings (SSSR count). The van der Waals surface area contributed by atoms with Crippen molar-refractivity contribution in [1.82, 2.24) is 9.21 Å². The van der Waals surface area contributed by atoms with Gasteiger partial charge in [0, 0.05) is 26.2 Å². The van der Waals surface area contributed by atoms with Gasteiger partial charge in [0.05, 0.1) is 10.5 Å². The number of benzene rings is 2. The molecule has 0 spiro atoms. The average Bonchev–Trinajstić information content (AvgIpc) is 2.88. The molecule has 27 heavy (non-hydrogen) atoms. The van der Waals surface area contributed by atoms with E-state index in [1.807, 2.05) is 6.92 Å². The standard InChI is InChI=1S/C19H21FN2O4S/c1-14-3-8-17(18(23)13-14)19(24)21-9-2-10-22(12-11-21)27(25,26)16-6-4-15(20)5-7-16/h3-8,13,23H,2,9-12H2,1H3. The molecule has 0 radical (unpaired) electrons. The van der Waals surface area contributed by atoms with Crippen molar-refractivity contribution < 1.29 is 22.7 Å². The van der Waals surface area contributed by atoms with Crippen LogP contribution in [0.4, 0.5) is 4.39 Å². The topological polar surface area (TPSA) is 77.9 Å². The van der Waals surface area contributed by atoms with Crippen molar-refractivity contribution in [2.75, 3.05) is 26.2 Å². The highest BCUT2D eigenvalue weighted by molar-refractivity contribution is 7.89. The number of carbonyl (C=O) groups is 1. The van der Waals surface area contributed by atoms with Gasteiger partial charge in [-0.15, -0.1) is 0 Å². The van der Waals surface area contributed by atoms with Gasteiger partial charge in [-0.25, -0.2) is 12.8 Å². The molecule has 8 heteroatoms. The molecular weight excluding hydrogens is 371 g/mol. The number of hydrogen-bond donors (Lipinski definition) is 1. The van der Waals surface area contributed by atoms with Crippen LogP contribution in [0.1, 0.15) is 22.3 Å². The van der Waals surface area contributed by atoms with E-state index in [9.17, 15) is 22.7 Å². The van der Waals surface area contributed by atoms with Crippen LogP contribution in [-0.4, -0.2) is 54.8 Å². The second-order valence-corrected chi connectivity index (χ2v) is 8.46. The van der Waals surface area contributed by atoms with E-state index >= 15 is 0 Å². The highest BCUT2D eigenvalue weighted by Crippen LogP contribution is 2.22. The molecular formula is C19H21FN2O4S. The molecule has 1 heterocycles. The summed E-state index contributed by atoms with van der Waals surface area (Å²) in [6.45, 7) is 2.83. The SMILES string of the molecule is Cc1ccc(C(=O)N2CCCN(S(=O)(=O)c3ccc(F)cc3)CC2)c(O)c1. The molecule has 2 aromatic rings. The maximum Gasteiger partial charge on any atom is 0.257 e. The average molecular weight is 392 g/mol. The third-order valence-electron chi connectivity index (χ3n) is 4.58. The first-order valence-electron chi connectivity index (χ1n) is 8.63. The van der Waals surface area contributed by atoms with Gasteiger partial charge in [-0.1, -0.05) is 6.07 Å². The number of aromatic hydroxyl groups is 1. The fraction of sp³-hybridized carbons (Fsp3) is 0.316. The van der Waals surface area contributed by atoms with Gasteiger partial charge in [0.1, 0.15) is 11.6 Å². The Balaban J connectivity index is 1.75. The summed E-state index contributed by atoms with van der Waals surface area (Å²) in [5.74, 6) is -0.909. The van der Waals surface area contributed by atoms with Crippen molar-refractivity contribution in [2.24, 2.45) is 0 Å². The molecule has 144 valence electrons. The minimum atomic E-state index is -3.75. The molecule has 0 aliphatic carbocycles. The third-order valence-corrected chi connectivity index (χ3v) is 6.49. The van der Waals surface area contributed by atoms with E-state index in [4.69, 9.17) is 0 Å². The van der Waals surface area contributed by atoms with Crippen molar-refractivity contribution in [3.05, 3.63) is 59.4 Å². The predicted molar refractivity (Wildman–Crippen MR) is 98.5 cm³/mol. The molecule has 1 aliphatic heterocycles. The highest BCUT2D eigenvalue weighted by atomic mass is 32.2. The number of sulfonamides is 1. The lowest BCUT2D eigenvalue weighted by Crippen LogP contribution is -2.37. The summed E-state index contributed by atoms with van der Waals surface area (Å²) in [7, 11) is -3.75. The van der Waals surface area contributed by atoms with Crippen molar-refractivity contribution in [1.29, 1.82) is 0 Å². The Morgan fingerprint density at radius 1 is 1.04 bits per heavy atom. The first kappa shape index (κ1) is 19.3. The van der Waals surface area contributed by atoms with Crippen molar-refractivity contribution in [3.8, 4) is 5.75 Å². The molecule has 0 bridgehead atoms. The van der Waals surface area contributed by atoms with Crippen LogP contribution < -0.4 is 0 Å². The van der Waals surface area contributed by atoms with Gasteiger partial charge in [0.25, 0.3) is 5.91 Å². The monoisotopic (exact) mass is 392 g/mol. The van der Waals surface area contributed by atoms with Gasteiger partial charge >= 0.3 is 0 Å². The molecule has 0 unspecified atom stereocenters. The molecule has 1 saturated heterocycles. The lowest BCUT2D eigenvalue weighted by Gasteiger charge is -2.22. The maximum atomic E-state index is 13.1. The first-order valence-corrected chi connectivity index (χ1v) is 10.1. The van der Waals surface area contributed by atoms with E-state index in [-0.39, 0.29) is 41.7 Å². The highest BCUT2D eigenvalue weighted by Gasteiger charge is 2.29. The van der Waals surface area contributed by atoms with Crippen molar-refractivity contribution in [2.45, 2.75) is 18.2 Å². The second kappa shape index (κ2) is 7.66. The van der Waals surface area contributed by atoms with Crippen LogP contribution in [0.3, 0.4) is 0 Å². The van der Waals surface area contributed by atoms with Crippen molar-refractivity contribution >= 4 is 15.9 Å². The molecule has 1 fully saturated rings. The van der Waals surface area contributed by atoms with Crippen LogP contribution in [0.2, 0.25) is 0 Å². The molecule has 0 saturated carbocycles. The number of rotatable bonds is 3. The molecule has 1 aliphatic rings. The molecule has 0 atom stereocenters. The Morgan fingerprint density at radius 2 is 1.74 bits per heavy atom. The zero-order valence-corrected chi connectivity index (χ0v) is 15.7. The number of aryl methyl sites for hydroxylation is 1. The Hall–Kier alpha value is -2.45. The van der Waals surface area contributed by atoms with Crippen molar-refractivity contribution in [3.63, 3.8) is 0 Å². The quantitative estimate of drug-likeness (QED) is 0.870. The van der Waals surface area contributed by atoms with E-state index in [1.165, 1.54) is 22.5 Å². The number of hydrogen-bond acceptors (Lipinski definition) is 4. The van der Waals surface area contributed by atoms with Crippen LogP contribution in [-0.2, 0) is 10.0 Å². The summed E-state index contributed by atoms with van der Waals surface area (Å²) in [6.07, 6.45) is 0.471. The predicted octanol–water partition coefficient (Wildman–Crippen LogP) is 2.38. The number of carbonyl (C=O) groups excluding carboxylic acids is 1. The Morgan fingerprint density at radius 3 is 2.41 bits per heavy atom. The van der Waals surface area contributed by atoms with Crippen LogP contribution in [0, 0.1) is 12.7 Å². The van der Waals surface area contributed by atoms with Gasteiger partial charge in [-0.2, -0.15) is 4.31 Å². The number of phenolic OH excluding ortho intramolecular Hbond substituents is 1. The molecule has 2 aromatic carbocycles. The smallest absolute Gasteiger partial charge is 0.257 e. The Kier molecular flexibility index (Phi) is 5.48. The van der Waals surface area contributed by atoms with Gasteiger partial charge in [0.2, 0.25) is 10.0 Å². The normalized spacial score (nSPS) is 16.1. The van der Waals surface area contributed by atoms with Crippen LogP contribution in [0.15, 0.2) is 47.4 Å². The molecule has 0 aromatic heterocycles. The summed E-state index contributed by atoms with van der Waals surface area (Å²) in [6, 6.07) is 9.55. The minimum Gasteiger partial charge on any atom is -0.507 e. The number of phenols is 1. The van der Waals surface area contributed by atoms with Crippen LogP contribution >= 0.6 is 0 Å². The van der Waals surface area contributed by atoms with Gasteiger partial charge in [-0.05, 0) is 55.3 Å². The zero-order chi connectivity index (χ0) is 19.6. The van der Waals surface area contributed by atoms with E-state index in [2.05, 4.69) is 0 Å². The summed E-state index contributed by atoms with van der Waals surface area (Å²) in [5, 5.41) is 10.0. The Bertz CT molecular complexity index is 945. The summed E-state index contributed by atoms with van der Waals surface area (Å²) < 4.78 is 39.9. The number of amides is 1. The first-order chi connectivity index (χ1) is 12.8. The molecule has 6 nitrogen and oxygen atoms in total. The minimum absolute atomic E-state index is 0.0276. The van der Waals surface area contributed by atoms with E-state index < -0.39 is 15.8 Å². The third kappa shape index (κ3) is 4.12. The van der Waals surface area contributed by atoms with E-state index in [1.54, 1.807) is 17.0 Å². The van der Waals surface area contributed by atoms with Gasteiger partial charge in [0.15, 0.2) is 0 Å². The maximum absolute atomic E-state index is 13.1. The summed E-state index contributed by atoms with van der Waals surface area (Å²) >= 11 is 0. The fourth-order valence-corrected chi connectivity index (χ4v) is 4.56. The van der Waals surface area contributed by atoms with Gasteiger partial charge in [-0.3, -0.25) is 4.79 Å². The van der Waals surface area contributed by atoms with E-state index in [0.717, 1.165) is 17.7 Å². The van der Waals surface area contributed by atoms with Gasteiger partial charge < -0.3 is 10.0 Å². The molecule has 1 N–H and O–H groups in total. The Labute approximate surface area is 157 Å². The van der Waals surface area contributed by atoms with Crippen LogP contribution in [0.5, 0.6) is 5.75 Å². The lowest BCUT2D eigenvalue weighted by molar-refractivity contribution is 0.0761. The van der Waals surface area contributed by atoms with E-state index in [0.29, 0.717) is 13.0 Å². The fourth-order valence-electron chi connectivity index (χ4n) is 3.09. The number of nitrogens with zero attached hydrogens (tertiary/aromatic N) is 2. The zero-order valence-electron chi connectivity index (χ0n) is 14.9. The number of halogens is 1. The summed E-state index contributed by atoms with van der Waals surface area (Å²) in [5.41, 5.74) is 1.05. The largest absolute Gasteiger partial charge is 0.507 e. The summed E-state index contributed by atoms with van der Waals surface area (Å²) in [4.78, 5) is 14.3. The van der Waals surface area contributed by atoms with Crippen LogP contribution in [0.25, 0.3) is 0 Å². The second-order valence-electron chi connectivity index (χ2n) is 6.52.